The van der Waals surface area contributed by atoms with Crippen LogP contribution in [0, 0.1) is 0 Å². The van der Waals surface area contributed by atoms with E-state index in [9.17, 15) is 13.2 Å². The summed E-state index contributed by atoms with van der Waals surface area (Å²) in [6, 6.07) is 3.36. The zero-order valence-corrected chi connectivity index (χ0v) is 16.6. The van der Waals surface area contributed by atoms with Gasteiger partial charge in [0.05, 0.1) is 24.3 Å². The molecule has 0 aliphatic carbocycles. The number of aliphatic imine (C=N–C) groups is 1. The van der Waals surface area contributed by atoms with Crippen LogP contribution in [-0.2, 0) is 21.2 Å². The molecule has 1 amide bonds. The highest BCUT2D eigenvalue weighted by atomic mass is 127. The summed E-state index contributed by atoms with van der Waals surface area (Å²) in [7, 11) is -2.96. The number of carbonyl (C=O) groups is 1. The maximum absolute atomic E-state index is 11.8. The predicted molar refractivity (Wildman–Crippen MR) is 102 cm³/mol. The molecule has 1 aromatic rings. The van der Waals surface area contributed by atoms with Crippen LogP contribution < -0.4 is 16.0 Å². The molecule has 8 nitrogen and oxygen atoms in total. The van der Waals surface area contributed by atoms with Crippen molar-refractivity contribution in [1.82, 2.24) is 16.0 Å². The average molecular weight is 470 g/mol. The van der Waals surface area contributed by atoms with Gasteiger partial charge in [-0.2, -0.15) is 0 Å². The van der Waals surface area contributed by atoms with E-state index in [4.69, 9.17) is 4.42 Å². The first-order valence-corrected chi connectivity index (χ1v) is 9.35. The van der Waals surface area contributed by atoms with Gasteiger partial charge in [-0.3, -0.25) is 4.79 Å². The molecule has 1 saturated heterocycles. The second-order valence-electron chi connectivity index (χ2n) is 5.30. The maximum Gasteiger partial charge on any atom is 0.242 e. The van der Waals surface area contributed by atoms with Gasteiger partial charge < -0.3 is 20.4 Å². The van der Waals surface area contributed by atoms with Crippen LogP contribution in [0.5, 0.6) is 0 Å². The summed E-state index contributed by atoms with van der Waals surface area (Å²) in [6.07, 6.45) is 2.10. The lowest BCUT2D eigenvalue weighted by Gasteiger charge is -2.15. The molecule has 2 heterocycles. The minimum atomic E-state index is -2.96. The number of halogens is 1. The highest BCUT2D eigenvalue weighted by molar-refractivity contribution is 14.0. The van der Waals surface area contributed by atoms with Crippen molar-refractivity contribution in [2.24, 2.45) is 4.99 Å². The lowest BCUT2D eigenvalue weighted by molar-refractivity contribution is -0.119. The van der Waals surface area contributed by atoms with Crippen molar-refractivity contribution in [2.45, 2.75) is 25.9 Å². The van der Waals surface area contributed by atoms with Gasteiger partial charge >= 0.3 is 0 Å². The molecule has 1 unspecified atom stereocenters. The number of amides is 1. The number of hydrogen-bond donors (Lipinski definition) is 3. The molecule has 0 aromatic carbocycles. The number of carbonyl (C=O) groups excluding carboxylic acids is 1. The van der Waals surface area contributed by atoms with E-state index >= 15 is 0 Å². The molecule has 136 valence electrons. The van der Waals surface area contributed by atoms with E-state index in [2.05, 4.69) is 20.9 Å². The maximum atomic E-state index is 11.8. The molecule has 0 radical (unpaired) electrons. The Morgan fingerprint density at radius 1 is 1.42 bits per heavy atom. The van der Waals surface area contributed by atoms with Gasteiger partial charge in [0.15, 0.2) is 15.8 Å². The highest BCUT2D eigenvalue weighted by Crippen LogP contribution is 2.10. The summed E-state index contributed by atoms with van der Waals surface area (Å²) in [5.41, 5.74) is 0. The quantitative estimate of drug-likeness (QED) is 0.312. The highest BCUT2D eigenvalue weighted by Gasteiger charge is 2.28. The third kappa shape index (κ3) is 7.07. The van der Waals surface area contributed by atoms with E-state index in [0.717, 1.165) is 0 Å². The number of hydrogen-bond acceptors (Lipinski definition) is 5. The van der Waals surface area contributed by atoms with E-state index in [1.165, 1.54) is 0 Å². The molecule has 10 heteroatoms. The molecule has 24 heavy (non-hydrogen) atoms. The fraction of sp³-hybridized carbons (Fsp3) is 0.571. The third-order valence-corrected chi connectivity index (χ3v) is 5.11. The number of nitrogens with one attached hydrogen (secondary N) is 3. The number of guanidine groups is 1. The van der Waals surface area contributed by atoms with Gasteiger partial charge in [0.1, 0.15) is 12.3 Å². The first-order chi connectivity index (χ1) is 11.0. The van der Waals surface area contributed by atoms with Crippen molar-refractivity contribution in [3.8, 4) is 0 Å². The molecule has 1 fully saturated rings. The van der Waals surface area contributed by atoms with Crippen LogP contribution >= 0.6 is 24.0 Å². The Balaban J connectivity index is 0.00000288. The van der Waals surface area contributed by atoms with Crippen molar-refractivity contribution in [3.63, 3.8) is 0 Å². The number of nitrogens with zero attached hydrogens (tertiary/aromatic N) is 1. The van der Waals surface area contributed by atoms with E-state index in [1.54, 1.807) is 18.4 Å². The molecule has 0 bridgehead atoms. The zero-order valence-electron chi connectivity index (χ0n) is 13.4. The summed E-state index contributed by atoms with van der Waals surface area (Å²) >= 11 is 0. The largest absolute Gasteiger partial charge is 0.467 e. The SMILES string of the molecule is CCNC(=NCC(=O)NCc1ccco1)NC1CCS(=O)(=O)C1.I. The Labute approximate surface area is 158 Å². The molecule has 1 aromatic heterocycles. The van der Waals surface area contributed by atoms with Crippen LogP contribution in [0.25, 0.3) is 0 Å². The lowest BCUT2D eigenvalue weighted by atomic mass is 10.3. The van der Waals surface area contributed by atoms with Crippen LogP contribution in [0.2, 0.25) is 0 Å². The Hall–Kier alpha value is -1.30. The second kappa shape index (κ2) is 9.87. The van der Waals surface area contributed by atoms with Crippen molar-refractivity contribution >= 4 is 45.7 Å². The van der Waals surface area contributed by atoms with Crippen molar-refractivity contribution < 1.29 is 17.6 Å². The summed E-state index contributed by atoms with van der Waals surface area (Å²) < 4.78 is 28.1. The van der Waals surface area contributed by atoms with E-state index < -0.39 is 9.84 Å². The molecule has 3 N–H and O–H groups in total. The van der Waals surface area contributed by atoms with E-state index in [-0.39, 0.29) is 54.0 Å². The summed E-state index contributed by atoms with van der Waals surface area (Å²) in [4.78, 5) is 16.0. The summed E-state index contributed by atoms with van der Waals surface area (Å²) in [5.74, 6) is 1.17. The van der Waals surface area contributed by atoms with Crippen LogP contribution in [0.4, 0.5) is 0 Å². The Morgan fingerprint density at radius 2 is 2.21 bits per heavy atom. The third-order valence-electron chi connectivity index (χ3n) is 3.34. The Kier molecular flexibility index (Phi) is 8.53. The van der Waals surface area contributed by atoms with Crippen LogP contribution in [0.15, 0.2) is 27.8 Å². The lowest BCUT2D eigenvalue weighted by Crippen LogP contribution is -2.44. The normalized spacial score (nSPS) is 19.4. The number of rotatable bonds is 6. The van der Waals surface area contributed by atoms with Crippen LogP contribution in [-0.4, -0.2) is 50.9 Å². The van der Waals surface area contributed by atoms with Gasteiger partial charge in [-0.25, -0.2) is 13.4 Å². The molecular weight excluding hydrogens is 447 g/mol. The molecule has 0 saturated carbocycles. The van der Waals surface area contributed by atoms with Gasteiger partial charge in [-0.15, -0.1) is 24.0 Å². The van der Waals surface area contributed by atoms with Gasteiger partial charge in [0, 0.05) is 12.6 Å². The minimum Gasteiger partial charge on any atom is -0.467 e. The fourth-order valence-electron chi connectivity index (χ4n) is 2.23. The predicted octanol–water partition coefficient (Wildman–Crippen LogP) is 0.256. The molecule has 1 aliphatic heterocycles. The standard InChI is InChI=1S/C14H22N4O4S.HI/c1-2-15-14(18-11-5-7-23(20,21)10-11)17-9-13(19)16-8-12-4-3-6-22-12;/h3-4,6,11H,2,5,7-10H2,1H3,(H,16,19)(H2,15,17,18);1H. The minimum absolute atomic E-state index is 0. The average Bonchev–Trinajstić information content (AvgIpc) is 3.12. The molecule has 2 rings (SSSR count). The molecule has 1 atom stereocenters. The zero-order chi connectivity index (χ0) is 16.7. The topological polar surface area (TPSA) is 113 Å². The smallest absolute Gasteiger partial charge is 0.242 e. The first kappa shape index (κ1) is 20.7. The van der Waals surface area contributed by atoms with Crippen molar-refractivity contribution in [1.29, 1.82) is 0 Å². The second-order valence-corrected chi connectivity index (χ2v) is 7.52. The Bertz CT molecular complexity index is 646. The fourth-order valence-corrected chi connectivity index (χ4v) is 3.90. The first-order valence-electron chi connectivity index (χ1n) is 7.53. The number of sulfone groups is 1. The van der Waals surface area contributed by atoms with E-state index in [1.807, 2.05) is 6.92 Å². The van der Waals surface area contributed by atoms with Gasteiger partial charge in [-0.1, -0.05) is 0 Å². The molecular formula is C14H23IN4O4S. The molecule has 1 aliphatic rings. The summed E-state index contributed by atoms with van der Waals surface area (Å²) in [5, 5.41) is 8.76. The van der Waals surface area contributed by atoms with Crippen molar-refractivity contribution in [2.75, 3.05) is 24.6 Å². The molecule has 0 spiro atoms. The van der Waals surface area contributed by atoms with E-state index in [0.29, 0.717) is 31.2 Å². The van der Waals surface area contributed by atoms with Gasteiger partial charge in [-0.05, 0) is 25.5 Å². The Morgan fingerprint density at radius 3 is 2.79 bits per heavy atom. The van der Waals surface area contributed by atoms with Crippen LogP contribution in [0.3, 0.4) is 0 Å². The van der Waals surface area contributed by atoms with Gasteiger partial charge in [0.2, 0.25) is 5.91 Å². The summed E-state index contributed by atoms with van der Waals surface area (Å²) in [6.45, 7) is 2.79. The van der Waals surface area contributed by atoms with Crippen LogP contribution in [0.1, 0.15) is 19.1 Å². The number of furan rings is 1. The monoisotopic (exact) mass is 470 g/mol. The van der Waals surface area contributed by atoms with Gasteiger partial charge in [0.25, 0.3) is 0 Å². The van der Waals surface area contributed by atoms with Crippen molar-refractivity contribution in [3.05, 3.63) is 24.2 Å².